The van der Waals surface area contributed by atoms with Crippen LogP contribution in [0, 0.1) is 0 Å². The van der Waals surface area contributed by atoms with Gasteiger partial charge in [-0.05, 0) is 19.4 Å². The van der Waals surface area contributed by atoms with Crippen LogP contribution in [-0.2, 0) is 15.3 Å². The van der Waals surface area contributed by atoms with Gasteiger partial charge in [-0.15, -0.1) is 11.8 Å². The number of carbonyl (C=O) groups excluding carboxylic acids is 1. The van der Waals surface area contributed by atoms with Crippen LogP contribution in [0.2, 0.25) is 0 Å². The number of hydrogen-bond donors (Lipinski definition) is 2. The Hall–Kier alpha value is -1.49. The smallest absolute Gasteiger partial charge is 0.325 e. The van der Waals surface area contributed by atoms with Crippen LogP contribution >= 0.6 is 11.8 Å². The van der Waals surface area contributed by atoms with Crippen LogP contribution in [-0.4, -0.2) is 28.3 Å². The second kappa shape index (κ2) is 7.06. The van der Waals surface area contributed by atoms with Gasteiger partial charge in [0.25, 0.3) is 0 Å². The monoisotopic (exact) mass is 267 g/mol. The largest absolute Gasteiger partial charge is 0.480 e. The summed E-state index contributed by atoms with van der Waals surface area (Å²) in [5.74, 6) is -0.536. The molecule has 98 valence electrons. The van der Waals surface area contributed by atoms with E-state index >= 15 is 0 Å². The normalized spacial score (nSPS) is 13.7. The van der Waals surface area contributed by atoms with Crippen molar-refractivity contribution >= 4 is 23.6 Å². The summed E-state index contributed by atoms with van der Waals surface area (Å²) < 4.78 is 0. The zero-order valence-electron chi connectivity index (χ0n) is 10.4. The minimum Gasteiger partial charge on any atom is -0.480 e. The number of carbonyl (C=O) groups is 2. The van der Waals surface area contributed by atoms with Gasteiger partial charge in [-0.2, -0.15) is 0 Å². The number of carboxylic acids is 1. The van der Waals surface area contributed by atoms with Crippen LogP contribution in [0.3, 0.4) is 0 Å². The van der Waals surface area contributed by atoms with Gasteiger partial charge in [0.2, 0.25) is 5.91 Å². The Balaban J connectivity index is 2.39. The molecule has 1 amide bonds. The Bertz CT molecular complexity index is 408. The summed E-state index contributed by atoms with van der Waals surface area (Å²) in [7, 11) is 0. The van der Waals surface area contributed by atoms with Crippen LogP contribution in [0.5, 0.6) is 0 Å². The molecule has 0 heterocycles. The summed E-state index contributed by atoms with van der Waals surface area (Å²) in [4.78, 5) is 22.3. The maximum absolute atomic E-state index is 11.7. The molecule has 0 fully saturated rings. The van der Waals surface area contributed by atoms with E-state index in [9.17, 15) is 9.59 Å². The van der Waals surface area contributed by atoms with E-state index in [1.807, 2.05) is 30.3 Å². The number of aliphatic carboxylic acids is 1. The van der Waals surface area contributed by atoms with Crippen molar-refractivity contribution in [1.82, 2.24) is 5.32 Å². The van der Waals surface area contributed by atoms with Crippen LogP contribution < -0.4 is 5.32 Å². The van der Waals surface area contributed by atoms with Crippen LogP contribution in [0.15, 0.2) is 30.3 Å². The Labute approximate surface area is 111 Å². The number of thioether (sulfide) groups is 1. The summed E-state index contributed by atoms with van der Waals surface area (Å²) in [6, 6.07) is 8.99. The van der Waals surface area contributed by atoms with Gasteiger partial charge in [0.05, 0.1) is 5.25 Å². The standard InChI is InChI=1S/C13H17NO3S/c1-9(13(16)17)14-12(15)10(2)18-8-11-6-4-3-5-7-11/h3-7,9-10H,8H2,1-2H3,(H,14,15)(H,16,17)/t9-,10?/m0/s1. The average molecular weight is 267 g/mol. The van der Waals surface area contributed by atoms with Crippen molar-refractivity contribution in [1.29, 1.82) is 0 Å². The molecule has 18 heavy (non-hydrogen) atoms. The first kappa shape index (κ1) is 14.6. The number of rotatable bonds is 6. The lowest BCUT2D eigenvalue weighted by Crippen LogP contribution is -2.42. The Morgan fingerprint density at radius 2 is 1.89 bits per heavy atom. The van der Waals surface area contributed by atoms with Crippen molar-refractivity contribution in [2.75, 3.05) is 0 Å². The van der Waals surface area contributed by atoms with Gasteiger partial charge in [-0.3, -0.25) is 9.59 Å². The second-order valence-electron chi connectivity index (χ2n) is 4.01. The topological polar surface area (TPSA) is 66.4 Å². The molecule has 1 aromatic carbocycles. The van der Waals surface area contributed by atoms with E-state index in [4.69, 9.17) is 5.11 Å². The third-order valence-electron chi connectivity index (χ3n) is 2.44. The molecule has 4 nitrogen and oxygen atoms in total. The van der Waals surface area contributed by atoms with Crippen molar-refractivity contribution in [3.05, 3.63) is 35.9 Å². The first-order chi connectivity index (χ1) is 8.50. The summed E-state index contributed by atoms with van der Waals surface area (Å²) in [6.07, 6.45) is 0. The fourth-order valence-electron chi connectivity index (χ4n) is 1.26. The number of carboxylic acid groups (broad SMARTS) is 1. The predicted molar refractivity (Wildman–Crippen MR) is 72.4 cm³/mol. The van der Waals surface area contributed by atoms with Gasteiger partial charge < -0.3 is 10.4 Å². The zero-order valence-corrected chi connectivity index (χ0v) is 11.2. The Kier molecular flexibility index (Phi) is 5.71. The molecule has 0 spiro atoms. The van der Waals surface area contributed by atoms with E-state index in [0.29, 0.717) is 0 Å². The molecule has 1 aromatic rings. The number of amides is 1. The third-order valence-corrected chi connectivity index (χ3v) is 3.66. The molecule has 0 saturated heterocycles. The SMILES string of the molecule is CC(SCc1ccccc1)C(=O)N[C@@H](C)C(=O)O. The lowest BCUT2D eigenvalue weighted by atomic mass is 10.2. The van der Waals surface area contributed by atoms with E-state index in [1.54, 1.807) is 6.92 Å². The van der Waals surface area contributed by atoms with E-state index in [-0.39, 0.29) is 11.2 Å². The van der Waals surface area contributed by atoms with E-state index < -0.39 is 12.0 Å². The summed E-state index contributed by atoms with van der Waals surface area (Å²) in [5.41, 5.74) is 1.15. The van der Waals surface area contributed by atoms with Crippen molar-refractivity contribution in [3.8, 4) is 0 Å². The average Bonchev–Trinajstić information content (AvgIpc) is 2.36. The Morgan fingerprint density at radius 3 is 2.44 bits per heavy atom. The van der Waals surface area contributed by atoms with Crippen molar-refractivity contribution < 1.29 is 14.7 Å². The van der Waals surface area contributed by atoms with Gasteiger partial charge in [0.1, 0.15) is 6.04 Å². The third kappa shape index (κ3) is 4.79. The van der Waals surface area contributed by atoms with Crippen molar-refractivity contribution in [3.63, 3.8) is 0 Å². The molecule has 5 heteroatoms. The fourth-order valence-corrected chi connectivity index (χ4v) is 2.12. The molecule has 0 aliphatic heterocycles. The van der Waals surface area contributed by atoms with Crippen molar-refractivity contribution in [2.45, 2.75) is 30.9 Å². The highest BCUT2D eigenvalue weighted by Crippen LogP contribution is 2.17. The highest BCUT2D eigenvalue weighted by atomic mass is 32.2. The van der Waals surface area contributed by atoms with E-state index in [2.05, 4.69) is 5.32 Å². The molecule has 0 saturated carbocycles. The Morgan fingerprint density at radius 1 is 1.28 bits per heavy atom. The lowest BCUT2D eigenvalue weighted by molar-refractivity contribution is -0.141. The van der Waals surface area contributed by atoms with Crippen LogP contribution in [0.4, 0.5) is 0 Å². The highest BCUT2D eigenvalue weighted by molar-refractivity contribution is 7.99. The molecule has 1 rings (SSSR count). The molecular weight excluding hydrogens is 250 g/mol. The van der Waals surface area contributed by atoms with Gasteiger partial charge in [-0.25, -0.2) is 0 Å². The summed E-state index contributed by atoms with van der Waals surface area (Å²) in [5, 5.41) is 10.9. The number of nitrogens with one attached hydrogen (secondary N) is 1. The fraction of sp³-hybridized carbons (Fsp3) is 0.385. The minimum absolute atomic E-state index is 0.245. The minimum atomic E-state index is -1.02. The quantitative estimate of drug-likeness (QED) is 0.826. The molecule has 0 radical (unpaired) electrons. The van der Waals surface area contributed by atoms with E-state index in [1.165, 1.54) is 18.7 Å². The first-order valence-corrected chi connectivity index (χ1v) is 6.74. The van der Waals surface area contributed by atoms with Gasteiger partial charge in [0.15, 0.2) is 0 Å². The molecule has 2 N–H and O–H groups in total. The molecule has 0 bridgehead atoms. The maximum atomic E-state index is 11.7. The summed E-state index contributed by atoms with van der Waals surface area (Å²) in [6.45, 7) is 3.23. The first-order valence-electron chi connectivity index (χ1n) is 5.69. The number of benzene rings is 1. The lowest BCUT2D eigenvalue weighted by Gasteiger charge is -2.14. The van der Waals surface area contributed by atoms with Crippen LogP contribution in [0.25, 0.3) is 0 Å². The highest BCUT2D eigenvalue weighted by Gasteiger charge is 2.19. The van der Waals surface area contributed by atoms with Gasteiger partial charge in [0, 0.05) is 5.75 Å². The van der Waals surface area contributed by atoms with Crippen molar-refractivity contribution in [2.24, 2.45) is 0 Å². The predicted octanol–water partition coefficient (Wildman–Crippen LogP) is 1.90. The molecular formula is C13H17NO3S. The molecule has 1 unspecified atom stereocenters. The van der Waals surface area contributed by atoms with Gasteiger partial charge >= 0.3 is 5.97 Å². The second-order valence-corrected chi connectivity index (χ2v) is 5.34. The van der Waals surface area contributed by atoms with Crippen LogP contribution in [0.1, 0.15) is 19.4 Å². The molecule has 0 aliphatic rings. The van der Waals surface area contributed by atoms with E-state index in [0.717, 1.165) is 11.3 Å². The molecule has 2 atom stereocenters. The summed E-state index contributed by atoms with van der Waals surface area (Å²) >= 11 is 1.49. The molecule has 0 aliphatic carbocycles. The zero-order chi connectivity index (χ0) is 13.5. The maximum Gasteiger partial charge on any atom is 0.325 e. The number of hydrogen-bond acceptors (Lipinski definition) is 3. The van der Waals surface area contributed by atoms with Gasteiger partial charge in [-0.1, -0.05) is 30.3 Å². The molecule has 0 aromatic heterocycles.